The van der Waals surface area contributed by atoms with Gasteiger partial charge in [-0.25, -0.2) is 4.39 Å². The third kappa shape index (κ3) is 2.68. The summed E-state index contributed by atoms with van der Waals surface area (Å²) in [5, 5.41) is 4.16. The molecular formula is C13H16FN3O. The Hall–Kier alpha value is -1.88. The monoisotopic (exact) mass is 249 g/mol. The Morgan fingerprint density at radius 3 is 2.83 bits per heavy atom. The molecule has 2 N–H and O–H groups in total. The summed E-state index contributed by atoms with van der Waals surface area (Å²) in [6.07, 6.45) is 3.53. The van der Waals surface area contributed by atoms with Crippen molar-refractivity contribution in [3.8, 4) is 5.75 Å². The van der Waals surface area contributed by atoms with Gasteiger partial charge in [-0.2, -0.15) is 5.10 Å². The number of nitrogens with two attached hydrogens (primary N) is 1. The van der Waals surface area contributed by atoms with E-state index in [-0.39, 0.29) is 11.9 Å². The Balaban J connectivity index is 2.17. The quantitative estimate of drug-likeness (QED) is 0.902. The fourth-order valence-electron chi connectivity index (χ4n) is 1.66. The standard InChI is InChI=1S/C13H16FN3O/c1-9(15)11-6-16-17(8-11)7-10-3-4-12(18-2)5-13(10)14/h3-6,8-9H,7,15H2,1-2H3/t9-/m1/s1. The van der Waals surface area contributed by atoms with Crippen molar-refractivity contribution < 1.29 is 9.13 Å². The van der Waals surface area contributed by atoms with Crippen molar-refractivity contribution in [3.63, 3.8) is 0 Å². The first kappa shape index (κ1) is 12.6. The van der Waals surface area contributed by atoms with E-state index in [2.05, 4.69) is 5.10 Å². The minimum absolute atomic E-state index is 0.0699. The number of benzene rings is 1. The van der Waals surface area contributed by atoms with Crippen molar-refractivity contribution in [2.75, 3.05) is 7.11 Å². The molecule has 96 valence electrons. The molecule has 2 rings (SSSR count). The van der Waals surface area contributed by atoms with Gasteiger partial charge in [-0.15, -0.1) is 0 Å². The number of ether oxygens (including phenoxy) is 1. The van der Waals surface area contributed by atoms with E-state index in [9.17, 15) is 4.39 Å². The van der Waals surface area contributed by atoms with Gasteiger partial charge in [-0.05, 0) is 13.0 Å². The third-order valence-corrected chi connectivity index (χ3v) is 2.77. The molecule has 0 fully saturated rings. The van der Waals surface area contributed by atoms with E-state index in [1.807, 2.05) is 13.1 Å². The van der Waals surface area contributed by atoms with Gasteiger partial charge in [0.25, 0.3) is 0 Å². The number of hydrogen-bond acceptors (Lipinski definition) is 3. The molecule has 0 aliphatic carbocycles. The number of nitrogens with zero attached hydrogens (tertiary/aromatic N) is 2. The SMILES string of the molecule is COc1ccc(Cn2cc([C@@H](C)N)cn2)c(F)c1. The number of hydrogen-bond donors (Lipinski definition) is 1. The van der Waals surface area contributed by atoms with Crippen LogP contribution in [0.3, 0.4) is 0 Å². The molecule has 4 nitrogen and oxygen atoms in total. The van der Waals surface area contributed by atoms with Gasteiger partial charge in [-0.1, -0.05) is 6.07 Å². The lowest BCUT2D eigenvalue weighted by Crippen LogP contribution is -2.05. The largest absolute Gasteiger partial charge is 0.497 e. The predicted octanol–water partition coefficient (Wildman–Crippen LogP) is 2.10. The molecule has 1 heterocycles. The van der Waals surface area contributed by atoms with Crippen molar-refractivity contribution >= 4 is 0 Å². The van der Waals surface area contributed by atoms with Crippen LogP contribution in [0.1, 0.15) is 24.1 Å². The highest BCUT2D eigenvalue weighted by Crippen LogP contribution is 2.17. The Morgan fingerprint density at radius 2 is 2.28 bits per heavy atom. The highest BCUT2D eigenvalue weighted by atomic mass is 19.1. The molecular weight excluding hydrogens is 233 g/mol. The van der Waals surface area contributed by atoms with Gasteiger partial charge >= 0.3 is 0 Å². The van der Waals surface area contributed by atoms with Crippen molar-refractivity contribution in [2.24, 2.45) is 5.73 Å². The molecule has 1 atom stereocenters. The van der Waals surface area contributed by atoms with E-state index < -0.39 is 0 Å². The number of aromatic nitrogens is 2. The minimum Gasteiger partial charge on any atom is -0.497 e. The summed E-state index contributed by atoms with van der Waals surface area (Å²) in [6.45, 7) is 2.26. The van der Waals surface area contributed by atoms with Crippen LogP contribution in [-0.2, 0) is 6.54 Å². The van der Waals surface area contributed by atoms with Crippen molar-refractivity contribution in [3.05, 3.63) is 47.5 Å². The molecule has 1 aromatic heterocycles. The molecule has 5 heteroatoms. The Kier molecular flexibility index (Phi) is 3.62. The Bertz CT molecular complexity index is 537. The number of rotatable bonds is 4. The van der Waals surface area contributed by atoms with Gasteiger partial charge in [0.2, 0.25) is 0 Å². The van der Waals surface area contributed by atoms with Crippen molar-refractivity contribution in [2.45, 2.75) is 19.5 Å². The first-order chi connectivity index (χ1) is 8.60. The molecule has 0 amide bonds. The molecule has 0 bridgehead atoms. The summed E-state index contributed by atoms with van der Waals surface area (Å²) in [4.78, 5) is 0. The normalized spacial score (nSPS) is 12.4. The van der Waals surface area contributed by atoms with Crippen LogP contribution in [0, 0.1) is 5.82 Å². The number of halogens is 1. The van der Waals surface area contributed by atoms with Gasteiger partial charge < -0.3 is 10.5 Å². The lowest BCUT2D eigenvalue weighted by molar-refractivity contribution is 0.410. The third-order valence-electron chi connectivity index (χ3n) is 2.77. The lowest BCUT2D eigenvalue weighted by atomic mass is 10.2. The second-order valence-corrected chi connectivity index (χ2v) is 4.22. The van der Waals surface area contributed by atoms with E-state index in [0.717, 1.165) is 5.56 Å². The van der Waals surface area contributed by atoms with Crippen LogP contribution in [0.2, 0.25) is 0 Å². The molecule has 1 aromatic carbocycles. The zero-order valence-electron chi connectivity index (χ0n) is 10.4. The van der Waals surface area contributed by atoms with E-state index in [1.165, 1.54) is 13.2 Å². The second kappa shape index (κ2) is 5.18. The summed E-state index contributed by atoms with van der Waals surface area (Å²) in [6, 6.07) is 4.72. The fourth-order valence-corrected chi connectivity index (χ4v) is 1.66. The smallest absolute Gasteiger partial charge is 0.131 e. The highest BCUT2D eigenvalue weighted by Gasteiger charge is 2.07. The van der Waals surface area contributed by atoms with E-state index in [1.54, 1.807) is 23.0 Å². The van der Waals surface area contributed by atoms with Crippen LogP contribution < -0.4 is 10.5 Å². The van der Waals surface area contributed by atoms with Gasteiger partial charge in [0.05, 0.1) is 19.9 Å². The predicted molar refractivity (Wildman–Crippen MR) is 66.9 cm³/mol. The molecule has 0 unspecified atom stereocenters. The molecule has 0 aliphatic rings. The lowest BCUT2D eigenvalue weighted by Gasteiger charge is -2.06. The molecule has 0 spiro atoms. The van der Waals surface area contributed by atoms with Crippen LogP contribution in [0.25, 0.3) is 0 Å². The van der Waals surface area contributed by atoms with Crippen LogP contribution in [0.15, 0.2) is 30.6 Å². The maximum atomic E-state index is 13.7. The van der Waals surface area contributed by atoms with Gasteiger partial charge in [0.15, 0.2) is 0 Å². The van der Waals surface area contributed by atoms with Gasteiger partial charge in [0.1, 0.15) is 11.6 Å². The average Bonchev–Trinajstić information content (AvgIpc) is 2.80. The summed E-state index contributed by atoms with van der Waals surface area (Å²) in [5.74, 6) is 0.209. The van der Waals surface area contributed by atoms with Crippen LogP contribution in [-0.4, -0.2) is 16.9 Å². The summed E-state index contributed by atoms with van der Waals surface area (Å²) in [7, 11) is 1.51. The molecule has 0 saturated heterocycles. The van der Waals surface area contributed by atoms with Crippen molar-refractivity contribution in [1.29, 1.82) is 0 Å². The van der Waals surface area contributed by atoms with Gasteiger partial charge in [-0.3, -0.25) is 4.68 Å². The summed E-state index contributed by atoms with van der Waals surface area (Å²) < 4.78 is 20.4. The molecule has 18 heavy (non-hydrogen) atoms. The van der Waals surface area contributed by atoms with Gasteiger partial charge in [0, 0.05) is 29.4 Å². The highest BCUT2D eigenvalue weighted by molar-refractivity contribution is 5.29. The minimum atomic E-state index is -0.299. The fraction of sp³-hybridized carbons (Fsp3) is 0.308. The molecule has 0 saturated carbocycles. The molecule has 2 aromatic rings. The van der Waals surface area contributed by atoms with Crippen molar-refractivity contribution in [1.82, 2.24) is 9.78 Å². The van der Waals surface area contributed by atoms with Crippen LogP contribution in [0.4, 0.5) is 4.39 Å². The number of methoxy groups -OCH3 is 1. The summed E-state index contributed by atoms with van der Waals surface area (Å²) in [5.41, 5.74) is 7.24. The average molecular weight is 249 g/mol. The Morgan fingerprint density at radius 1 is 1.50 bits per heavy atom. The topological polar surface area (TPSA) is 53.1 Å². The molecule has 0 aliphatic heterocycles. The first-order valence-electron chi connectivity index (χ1n) is 5.70. The zero-order valence-corrected chi connectivity index (χ0v) is 10.4. The van der Waals surface area contributed by atoms with E-state index >= 15 is 0 Å². The summed E-state index contributed by atoms with van der Waals surface area (Å²) >= 11 is 0. The maximum Gasteiger partial charge on any atom is 0.131 e. The van der Waals surface area contributed by atoms with Crippen LogP contribution >= 0.6 is 0 Å². The maximum absolute atomic E-state index is 13.7. The van der Waals surface area contributed by atoms with E-state index in [4.69, 9.17) is 10.5 Å². The van der Waals surface area contributed by atoms with Crippen LogP contribution in [0.5, 0.6) is 5.75 Å². The molecule has 0 radical (unpaired) electrons. The second-order valence-electron chi connectivity index (χ2n) is 4.22. The van der Waals surface area contributed by atoms with E-state index in [0.29, 0.717) is 17.9 Å². The zero-order chi connectivity index (χ0) is 13.1. The first-order valence-corrected chi connectivity index (χ1v) is 5.70. The Labute approximate surface area is 105 Å².